The first-order valence-electron chi connectivity index (χ1n) is 5.35. The van der Waals surface area contributed by atoms with Crippen LogP contribution in [0, 0.1) is 0 Å². The van der Waals surface area contributed by atoms with Gasteiger partial charge in [0.15, 0.2) is 5.65 Å². The Hall–Kier alpha value is -2.63. The highest BCUT2D eigenvalue weighted by Gasteiger charge is 2.06. The van der Waals surface area contributed by atoms with E-state index in [1.165, 1.54) is 6.07 Å². The van der Waals surface area contributed by atoms with Crippen molar-refractivity contribution in [2.45, 2.75) is 0 Å². The first-order chi connectivity index (χ1) is 8.78. The van der Waals surface area contributed by atoms with E-state index in [-0.39, 0.29) is 5.56 Å². The van der Waals surface area contributed by atoms with Crippen LogP contribution in [0.4, 0.5) is 0 Å². The number of pyridine rings is 1. The highest BCUT2D eigenvalue weighted by molar-refractivity contribution is 5.62. The summed E-state index contributed by atoms with van der Waals surface area (Å²) in [4.78, 5) is 19.7. The van der Waals surface area contributed by atoms with Gasteiger partial charge in [0.05, 0.1) is 19.0 Å². The number of methoxy groups -OCH3 is 1. The lowest BCUT2D eigenvalue weighted by atomic mass is 10.2. The minimum atomic E-state index is -0.178. The second-order valence-corrected chi connectivity index (χ2v) is 3.74. The number of rotatable bonds is 2. The van der Waals surface area contributed by atoms with Crippen LogP contribution in [0.5, 0.6) is 5.88 Å². The SMILES string of the molecule is COc1ccc(-c2cnc3ccc(=O)[nH]n23)cn1. The van der Waals surface area contributed by atoms with Gasteiger partial charge in [-0.3, -0.25) is 9.89 Å². The summed E-state index contributed by atoms with van der Waals surface area (Å²) in [5, 5.41) is 2.70. The first-order valence-corrected chi connectivity index (χ1v) is 5.35. The molecule has 1 N–H and O–H groups in total. The van der Waals surface area contributed by atoms with Gasteiger partial charge in [-0.15, -0.1) is 0 Å². The number of H-pyrrole nitrogens is 1. The van der Waals surface area contributed by atoms with E-state index in [1.54, 1.807) is 36.2 Å². The first kappa shape index (κ1) is 10.5. The monoisotopic (exact) mass is 242 g/mol. The topological polar surface area (TPSA) is 72.3 Å². The molecule has 0 aliphatic rings. The molecule has 3 aromatic heterocycles. The van der Waals surface area contributed by atoms with Crippen LogP contribution in [-0.4, -0.2) is 26.7 Å². The lowest BCUT2D eigenvalue weighted by molar-refractivity contribution is 0.398. The Balaban J connectivity index is 2.18. The Morgan fingerprint density at radius 3 is 2.78 bits per heavy atom. The summed E-state index contributed by atoms with van der Waals surface area (Å²) in [6.07, 6.45) is 3.36. The number of hydrogen-bond donors (Lipinski definition) is 1. The molecule has 90 valence electrons. The van der Waals surface area contributed by atoms with Crippen LogP contribution in [0.15, 0.2) is 41.5 Å². The maximum Gasteiger partial charge on any atom is 0.263 e. The van der Waals surface area contributed by atoms with Gasteiger partial charge in [0.1, 0.15) is 0 Å². The van der Waals surface area contributed by atoms with Gasteiger partial charge in [-0.25, -0.2) is 14.5 Å². The molecule has 3 rings (SSSR count). The van der Waals surface area contributed by atoms with Crippen molar-refractivity contribution in [2.75, 3.05) is 7.11 Å². The highest BCUT2D eigenvalue weighted by atomic mass is 16.5. The molecule has 0 saturated carbocycles. The summed E-state index contributed by atoms with van der Waals surface area (Å²) in [7, 11) is 1.56. The molecule has 6 heteroatoms. The van der Waals surface area contributed by atoms with Crippen LogP contribution in [0.1, 0.15) is 0 Å². The van der Waals surface area contributed by atoms with E-state index in [0.717, 1.165) is 11.3 Å². The van der Waals surface area contributed by atoms with Crippen molar-refractivity contribution in [1.29, 1.82) is 0 Å². The van der Waals surface area contributed by atoms with E-state index < -0.39 is 0 Å². The Morgan fingerprint density at radius 1 is 1.17 bits per heavy atom. The number of imidazole rings is 1. The van der Waals surface area contributed by atoms with Crippen LogP contribution in [0.25, 0.3) is 16.9 Å². The van der Waals surface area contributed by atoms with Gasteiger partial charge >= 0.3 is 0 Å². The van der Waals surface area contributed by atoms with Gasteiger partial charge in [0, 0.05) is 23.9 Å². The molecule has 0 atom stereocenters. The zero-order chi connectivity index (χ0) is 12.5. The quantitative estimate of drug-likeness (QED) is 0.730. The Bertz CT molecular complexity index is 743. The minimum Gasteiger partial charge on any atom is -0.481 e. The van der Waals surface area contributed by atoms with Gasteiger partial charge < -0.3 is 4.74 Å². The van der Waals surface area contributed by atoms with Crippen molar-refractivity contribution in [1.82, 2.24) is 19.6 Å². The molecule has 6 nitrogen and oxygen atoms in total. The molecule has 0 amide bonds. The predicted octanol–water partition coefficient (Wildman–Crippen LogP) is 1.09. The molecule has 0 bridgehead atoms. The second kappa shape index (κ2) is 3.99. The van der Waals surface area contributed by atoms with Crippen LogP contribution in [0.3, 0.4) is 0 Å². The van der Waals surface area contributed by atoms with Crippen molar-refractivity contribution < 1.29 is 4.74 Å². The van der Waals surface area contributed by atoms with Crippen molar-refractivity contribution >= 4 is 5.65 Å². The molecular weight excluding hydrogens is 232 g/mol. The Kier molecular flexibility index (Phi) is 2.33. The fourth-order valence-electron chi connectivity index (χ4n) is 1.76. The standard InChI is InChI=1S/C12H10N4O2/c1-18-12-5-2-8(6-14-12)9-7-13-10-3-4-11(17)15-16(9)10/h2-7H,1H3,(H,15,17). The van der Waals surface area contributed by atoms with Crippen molar-refractivity contribution in [3.8, 4) is 17.1 Å². The van der Waals surface area contributed by atoms with Crippen LogP contribution in [-0.2, 0) is 0 Å². The molecule has 0 saturated heterocycles. The van der Waals surface area contributed by atoms with Crippen molar-refractivity contribution in [3.05, 3.63) is 47.0 Å². The van der Waals surface area contributed by atoms with E-state index in [9.17, 15) is 4.79 Å². The summed E-state index contributed by atoms with van der Waals surface area (Å²) in [5.74, 6) is 0.543. The van der Waals surface area contributed by atoms with E-state index in [0.29, 0.717) is 11.5 Å². The number of nitrogens with zero attached hydrogens (tertiary/aromatic N) is 3. The number of ether oxygens (including phenoxy) is 1. The summed E-state index contributed by atoms with van der Waals surface area (Å²) in [6, 6.07) is 6.73. The zero-order valence-corrected chi connectivity index (χ0v) is 9.62. The third-order valence-electron chi connectivity index (χ3n) is 2.64. The van der Waals surface area contributed by atoms with Gasteiger partial charge in [-0.2, -0.15) is 0 Å². The zero-order valence-electron chi connectivity index (χ0n) is 9.62. The Labute approximate surface area is 102 Å². The molecule has 0 radical (unpaired) electrons. The molecule has 0 fully saturated rings. The van der Waals surface area contributed by atoms with Gasteiger partial charge in [-0.1, -0.05) is 0 Å². The number of aromatic nitrogens is 4. The van der Waals surface area contributed by atoms with Gasteiger partial charge in [0.25, 0.3) is 5.56 Å². The summed E-state index contributed by atoms with van der Waals surface area (Å²) in [6.45, 7) is 0. The average molecular weight is 242 g/mol. The predicted molar refractivity (Wildman–Crippen MR) is 65.6 cm³/mol. The van der Waals surface area contributed by atoms with Crippen molar-refractivity contribution in [2.24, 2.45) is 0 Å². The smallest absolute Gasteiger partial charge is 0.263 e. The minimum absolute atomic E-state index is 0.178. The fraction of sp³-hybridized carbons (Fsp3) is 0.0833. The summed E-state index contributed by atoms with van der Waals surface area (Å²) in [5.41, 5.74) is 2.13. The molecule has 3 heterocycles. The maximum atomic E-state index is 11.3. The fourth-order valence-corrected chi connectivity index (χ4v) is 1.76. The molecule has 0 spiro atoms. The third kappa shape index (κ3) is 1.64. The number of aromatic amines is 1. The number of nitrogens with one attached hydrogen (secondary N) is 1. The van der Waals surface area contributed by atoms with Gasteiger partial charge in [0.2, 0.25) is 5.88 Å². The molecule has 3 aromatic rings. The Morgan fingerprint density at radius 2 is 2.06 bits per heavy atom. The van der Waals surface area contributed by atoms with E-state index >= 15 is 0 Å². The van der Waals surface area contributed by atoms with E-state index in [2.05, 4.69) is 15.1 Å². The van der Waals surface area contributed by atoms with Crippen molar-refractivity contribution in [3.63, 3.8) is 0 Å². The molecule has 0 aliphatic heterocycles. The van der Waals surface area contributed by atoms with E-state index in [4.69, 9.17) is 4.74 Å². The molecule has 0 aromatic carbocycles. The molecular formula is C12H10N4O2. The highest BCUT2D eigenvalue weighted by Crippen LogP contribution is 2.20. The lowest BCUT2D eigenvalue weighted by Gasteiger charge is -2.02. The maximum absolute atomic E-state index is 11.3. The second-order valence-electron chi connectivity index (χ2n) is 3.74. The van der Waals surface area contributed by atoms with Crippen LogP contribution in [0.2, 0.25) is 0 Å². The lowest BCUT2D eigenvalue weighted by Crippen LogP contribution is -2.09. The van der Waals surface area contributed by atoms with Crippen LogP contribution < -0.4 is 10.3 Å². The normalized spacial score (nSPS) is 10.7. The summed E-state index contributed by atoms with van der Waals surface area (Å²) < 4.78 is 6.63. The largest absolute Gasteiger partial charge is 0.481 e. The summed E-state index contributed by atoms with van der Waals surface area (Å²) >= 11 is 0. The molecule has 0 aliphatic carbocycles. The van der Waals surface area contributed by atoms with Gasteiger partial charge in [-0.05, 0) is 12.1 Å². The van der Waals surface area contributed by atoms with Crippen LogP contribution >= 0.6 is 0 Å². The molecule has 0 unspecified atom stereocenters. The third-order valence-corrected chi connectivity index (χ3v) is 2.64. The molecule has 18 heavy (non-hydrogen) atoms. The number of fused-ring (bicyclic) bond motifs is 1. The average Bonchev–Trinajstić information content (AvgIpc) is 2.82. The number of hydrogen-bond acceptors (Lipinski definition) is 4. The van der Waals surface area contributed by atoms with E-state index in [1.807, 2.05) is 6.07 Å².